The van der Waals surface area contributed by atoms with Crippen molar-refractivity contribution in [1.82, 2.24) is 10.6 Å². The Kier molecular flexibility index (Phi) is 4.40. The van der Waals surface area contributed by atoms with Crippen molar-refractivity contribution in [2.24, 2.45) is 5.73 Å². The SMILES string of the molecule is CCC(C)(NC(=O)NC(C)C)C(=N)N. The highest BCUT2D eigenvalue weighted by atomic mass is 16.2. The second-order valence-corrected chi connectivity index (χ2v) is 3.85. The molecule has 1 atom stereocenters. The average molecular weight is 200 g/mol. The molecular formula is C9H20N4O. The fourth-order valence-corrected chi connectivity index (χ4v) is 0.895. The Balaban J connectivity index is 4.32. The van der Waals surface area contributed by atoms with Crippen LogP contribution in [0.3, 0.4) is 0 Å². The lowest BCUT2D eigenvalue weighted by atomic mass is 9.98. The third-order valence-electron chi connectivity index (χ3n) is 2.11. The van der Waals surface area contributed by atoms with Crippen LogP contribution in [0.15, 0.2) is 0 Å². The van der Waals surface area contributed by atoms with E-state index in [1.54, 1.807) is 6.92 Å². The van der Waals surface area contributed by atoms with E-state index in [4.69, 9.17) is 11.1 Å². The van der Waals surface area contributed by atoms with Gasteiger partial charge < -0.3 is 16.4 Å². The monoisotopic (exact) mass is 200 g/mol. The maximum absolute atomic E-state index is 11.4. The van der Waals surface area contributed by atoms with E-state index < -0.39 is 5.54 Å². The average Bonchev–Trinajstić information content (AvgIpc) is 2.01. The van der Waals surface area contributed by atoms with E-state index >= 15 is 0 Å². The number of urea groups is 1. The zero-order valence-corrected chi connectivity index (χ0v) is 9.27. The molecule has 5 nitrogen and oxygen atoms in total. The number of hydrogen-bond donors (Lipinski definition) is 4. The highest BCUT2D eigenvalue weighted by molar-refractivity contribution is 5.91. The third-order valence-corrected chi connectivity index (χ3v) is 2.11. The zero-order valence-electron chi connectivity index (χ0n) is 9.27. The topological polar surface area (TPSA) is 91.0 Å². The van der Waals surface area contributed by atoms with Crippen molar-refractivity contribution in [3.05, 3.63) is 0 Å². The molecule has 0 heterocycles. The Morgan fingerprint density at radius 3 is 2.36 bits per heavy atom. The number of nitrogens with two attached hydrogens (primary N) is 1. The molecule has 0 aromatic heterocycles. The van der Waals surface area contributed by atoms with Crippen LogP contribution in [0.2, 0.25) is 0 Å². The molecule has 0 rings (SSSR count). The van der Waals surface area contributed by atoms with Gasteiger partial charge in [0.05, 0.1) is 5.54 Å². The Hall–Kier alpha value is -1.26. The molecule has 0 bridgehead atoms. The summed E-state index contributed by atoms with van der Waals surface area (Å²) in [5.41, 5.74) is 4.65. The Morgan fingerprint density at radius 2 is 2.07 bits per heavy atom. The predicted molar refractivity (Wildman–Crippen MR) is 57.4 cm³/mol. The molecule has 0 radical (unpaired) electrons. The molecule has 0 aromatic rings. The number of nitrogens with one attached hydrogen (secondary N) is 3. The van der Waals surface area contributed by atoms with E-state index in [1.165, 1.54) is 0 Å². The molecule has 0 saturated heterocycles. The van der Waals surface area contributed by atoms with Gasteiger partial charge in [-0.2, -0.15) is 0 Å². The van der Waals surface area contributed by atoms with Gasteiger partial charge in [0.1, 0.15) is 5.84 Å². The maximum atomic E-state index is 11.4. The Labute approximate surface area is 84.9 Å². The standard InChI is InChI=1S/C9H20N4O/c1-5-9(4,7(10)11)13-8(14)12-6(2)3/h6H,5H2,1-4H3,(H3,10,11)(H2,12,13,14). The summed E-state index contributed by atoms with van der Waals surface area (Å²) < 4.78 is 0. The lowest BCUT2D eigenvalue weighted by Gasteiger charge is -2.28. The molecule has 5 heteroatoms. The van der Waals surface area contributed by atoms with Crippen LogP contribution < -0.4 is 16.4 Å². The van der Waals surface area contributed by atoms with Crippen molar-refractivity contribution in [2.45, 2.75) is 45.7 Å². The van der Waals surface area contributed by atoms with E-state index in [1.807, 2.05) is 20.8 Å². The minimum Gasteiger partial charge on any atom is -0.386 e. The van der Waals surface area contributed by atoms with Crippen molar-refractivity contribution in [3.63, 3.8) is 0 Å². The van der Waals surface area contributed by atoms with Gasteiger partial charge in [0.15, 0.2) is 0 Å². The van der Waals surface area contributed by atoms with Gasteiger partial charge in [-0.3, -0.25) is 5.41 Å². The summed E-state index contributed by atoms with van der Waals surface area (Å²) in [6, 6.07) is -0.220. The molecule has 14 heavy (non-hydrogen) atoms. The number of carbonyl (C=O) groups is 1. The summed E-state index contributed by atoms with van der Waals surface area (Å²) in [6.07, 6.45) is 0.591. The number of amides is 2. The molecule has 0 spiro atoms. The quantitative estimate of drug-likeness (QED) is 0.399. The third kappa shape index (κ3) is 3.64. The smallest absolute Gasteiger partial charge is 0.315 e. The van der Waals surface area contributed by atoms with Crippen LogP contribution in [0.5, 0.6) is 0 Å². The number of carbonyl (C=O) groups excluding carboxylic acids is 1. The first kappa shape index (κ1) is 12.7. The van der Waals surface area contributed by atoms with Gasteiger partial charge in [-0.25, -0.2) is 4.79 Å². The van der Waals surface area contributed by atoms with Crippen molar-refractivity contribution >= 4 is 11.9 Å². The molecule has 1 unspecified atom stereocenters. The second kappa shape index (κ2) is 4.83. The van der Waals surface area contributed by atoms with E-state index in [0.29, 0.717) is 6.42 Å². The maximum Gasteiger partial charge on any atom is 0.315 e. The van der Waals surface area contributed by atoms with Crippen LogP contribution in [0.4, 0.5) is 4.79 Å². The molecular weight excluding hydrogens is 180 g/mol. The first-order valence-electron chi connectivity index (χ1n) is 4.75. The highest BCUT2D eigenvalue weighted by Crippen LogP contribution is 2.07. The first-order chi connectivity index (χ1) is 6.31. The number of amidine groups is 1. The van der Waals surface area contributed by atoms with Crippen LogP contribution in [-0.4, -0.2) is 23.4 Å². The van der Waals surface area contributed by atoms with Gasteiger partial charge in [0.2, 0.25) is 0 Å². The summed E-state index contributed by atoms with van der Waals surface area (Å²) in [5.74, 6) is -0.0288. The molecule has 82 valence electrons. The van der Waals surface area contributed by atoms with Crippen LogP contribution in [0.1, 0.15) is 34.1 Å². The largest absolute Gasteiger partial charge is 0.386 e. The molecule has 0 aliphatic carbocycles. The van der Waals surface area contributed by atoms with Crippen LogP contribution in [-0.2, 0) is 0 Å². The molecule has 0 fully saturated rings. The summed E-state index contributed by atoms with van der Waals surface area (Å²) in [6.45, 7) is 7.35. The molecule has 2 amide bonds. The first-order valence-corrected chi connectivity index (χ1v) is 4.75. The summed E-state index contributed by atoms with van der Waals surface area (Å²) in [7, 11) is 0. The number of hydrogen-bond acceptors (Lipinski definition) is 2. The van der Waals surface area contributed by atoms with Crippen LogP contribution >= 0.6 is 0 Å². The molecule has 0 aliphatic rings. The molecule has 0 saturated carbocycles. The lowest BCUT2D eigenvalue weighted by Crippen LogP contribution is -2.57. The minimum atomic E-state index is -0.751. The van der Waals surface area contributed by atoms with E-state index in [2.05, 4.69) is 10.6 Å². The predicted octanol–water partition coefficient (Wildman–Crippen LogP) is 0.799. The second-order valence-electron chi connectivity index (χ2n) is 3.85. The van der Waals surface area contributed by atoms with Gasteiger partial charge in [-0.05, 0) is 27.2 Å². The number of rotatable bonds is 4. The molecule has 5 N–H and O–H groups in total. The summed E-state index contributed by atoms with van der Waals surface area (Å²) in [4.78, 5) is 11.4. The van der Waals surface area contributed by atoms with E-state index in [9.17, 15) is 4.79 Å². The van der Waals surface area contributed by atoms with Crippen molar-refractivity contribution in [3.8, 4) is 0 Å². The van der Waals surface area contributed by atoms with E-state index in [0.717, 1.165) is 0 Å². The van der Waals surface area contributed by atoms with Gasteiger partial charge >= 0.3 is 6.03 Å². The normalized spacial score (nSPS) is 14.6. The Morgan fingerprint density at radius 1 is 1.57 bits per heavy atom. The fraction of sp³-hybridized carbons (Fsp3) is 0.778. The summed E-state index contributed by atoms with van der Waals surface area (Å²) in [5, 5.41) is 12.7. The lowest BCUT2D eigenvalue weighted by molar-refractivity contribution is 0.231. The van der Waals surface area contributed by atoms with Gasteiger partial charge in [0.25, 0.3) is 0 Å². The Bertz CT molecular complexity index is 227. The van der Waals surface area contributed by atoms with Crippen molar-refractivity contribution in [2.75, 3.05) is 0 Å². The molecule has 0 aromatic carbocycles. The molecule has 0 aliphatic heterocycles. The van der Waals surface area contributed by atoms with Crippen LogP contribution in [0, 0.1) is 5.41 Å². The zero-order chi connectivity index (χ0) is 11.4. The van der Waals surface area contributed by atoms with Crippen LogP contribution in [0.25, 0.3) is 0 Å². The van der Waals surface area contributed by atoms with Crippen molar-refractivity contribution in [1.29, 1.82) is 5.41 Å². The summed E-state index contributed by atoms with van der Waals surface area (Å²) >= 11 is 0. The van der Waals surface area contributed by atoms with Gasteiger partial charge in [-0.15, -0.1) is 0 Å². The van der Waals surface area contributed by atoms with Gasteiger partial charge in [-0.1, -0.05) is 6.92 Å². The minimum absolute atomic E-state index is 0.0288. The van der Waals surface area contributed by atoms with Crippen molar-refractivity contribution < 1.29 is 4.79 Å². The van der Waals surface area contributed by atoms with E-state index in [-0.39, 0.29) is 17.9 Å². The fourth-order valence-electron chi connectivity index (χ4n) is 0.895. The van der Waals surface area contributed by atoms with Gasteiger partial charge in [0, 0.05) is 6.04 Å². The highest BCUT2D eigenvalue weighted by Gasteiger charge is 2.27.